The van der Waals surface area contributed by atoms with E-state index in [2.05, 4.69) is 25.2 Å². The number of halogens is 2. The summed E-state index contributed by atoms with van der Waals surface area (Å²) in [6, 6.07) is 3.85. The normalized spacial score (nSPS) is 25.6. The third kappa shape index (κ3) is 3.95. The molecule has 1 aromatic carbocycles. The summed E-state index contributed by atoms with van der Waals surface area (Å²) in [7, 11) is 1.55. The van der Waals surface area contributed by atoms with Crippen molar-refractivity contribution in [1.82, 2.24) is 24.8 Å². The van der Waals surface area contributed by atoms with Crippen molar-refractivity contribution in [1.29, 1.82) is 0 Å². The third-order valence-electron chi connectivity index (χ3n) is 7.37. The number of piperidine rings is 1. The number of fused-ring (bicyclic) bond motifs is 2. The molecule has 10 heteroatoms. The van der Waals surface area contributed by atoms with E-state index in [1.807, 2.05) is 0 Å². The van der Waals surface area contributed by atoms with Gasteiger partial charge >= 0.3 is 0 Å². The van der Waals surface area contributed by atoms with Crippen molar-refractivity contribution >= 4 is 5.82 Å². The molecule has 182 valence electrons. The summed E-state index contributed by atoms with van der Waals surface area (Å²) in [6.07, 6.45) is 7.99. The molecule has 2 aliphatic heterocycles. The molecule has 3 aliphatic rings. The van der Waals surface area contributed by atoms with E-state index in [1.54, 1.807) is 13.2 Å². The molecule has 1 aliphatic carbocycles. The minimum absolute atomic E-state index is 0.0166. The van der Waals surface area contributed by atoms with Crippen molar-refractivity contribution in [3.8, 4) is 28.3 Å². The predicted octanol–water partition coefficient (Wildman–Crippen LogP) is 2.95. The van der Waals surface area contributed by atoms with Crippen LogP contribution >= 0.6 is 0 Å². The number of alkyl halides is 1. The number of nitrogens with zero attached hydrogens (tertiary/aromatic N) is 5. The van der Waals surface area contributed by atoms with Crippen LogP contribution in [0.1, 0.15) is 32.1 Å². The second kappa shape index (κ2) is 8.37. The van der Waals surface area contributed by atoms with E-state index >= 15 is 4.39 Å². The number of rotatable bonds is 5. The summed E-state index contributed by atoms with van der Waals surface area (Å²) in [5.74, 6) is -0.246. The highest BCUT2D eigenvalue weighted by Gasteiger charge is 2.48. The number of phenols is 1. The van der Waals surface area contributed by atoms with Gasteiger partial charge in [-0.05, 0) is 44.2 Å². The molecule has 3 aromatic rings. The van der Waals surface area contributed by atoms with Crippen molar-refractivity contribution in [2.24, 2.45) is 7.05 Å². The van der Waals surface area contributed by atoms with Crippen LogP contribution in [-0.2, 0) is 7.05 Å². The fraction of sp³-hybridized carbons (Fsp3) is 0.440. The second-order valence-corrected chi connectivity index (χ2v) is 9.77. The Kier molecular flexibility index (Phi) is 5.28. The van der Waals surface area contributed by atoms with E-state index < -0.39 is 12.0 Å². The monoisotopic (exact) mass is 480 g/mol. The first-order valence-electron chi connectivity index (χ1n) is 12.0. The topological polar surface area (TPSA) is 96.2 Å². The molecule has 0 spiro atoms. The van der Waals surface area contributed by atoms with Gasteiger partial charge in [-0.25, -0.2) is 18.7 Å². The molecule has 4 heterocycles. The highest BCUT2D eigenvalue weighted by Crippen LogP contribution is 2.40. The van der Waals surface area contributed by atoms with Crippen molar-refractivity contribution in [2.75, 3.05) is 4.90 Å². The Labute approximate surface area is 200 Å². The lowest BCUT2D eigenvalue weighted by Gasteiger charge is -2.41. The number of aryl methyl sites for hydroxylation is 1. The number of aromatic hydroxyl groups is 1. The van der Waals surface area contributed by atoms with E-state index in [1.165, 1.54) is 29.2 Å². The van der Waals surface area contributed by atoms with Crippen LogP contribution in [0.3, 0.4) is 0 Å². The zero-order chi connectivity index (χ0) is 24.3. The van der Waals surface area contributed by atoms with Crippen LogP contribution in [0.5, 0.6) is 5.75 Å². The van der Waals surface area contributed by atoms with Gasteiger partial charge < -0.3 is 19.9 Å². The van der Waals surface area contributed by atoms with Gasteiger partial charge in [0.25, 0.3) is 5.56 Å². The molecule has 0 amide bonds. The van der Waals surface area contributed by atoms with Crippen molar-refractivity contribution in [3.63, 3.8) is 0 Å². The molecule has 2 bridgehead atoms. The van der Waals surface area contributed by atoms with E-state index in [0.29, 0.717) is 17.6 Å². The van der Waals surface area contributed by atoms with Gasteiger partial charge in [-0.15, -0.1) is 0 Å². The van der Waals surface area contributed by atoms with Gasteiger partial charge in [0.05, 0.1) is 36.2 Å². The van der Waals surface area contributed by atoms with E-state index in [4.69, 9.17) is 0 Å². The predicted molar refractivity (Wildman–Crippen MR) is 126 cm³/mol. The first kappa shape index (κ1) is 22.1. The maximum atomic E-state index is 15.3. The van der Waals surface area contributed by atoms with E-state index in [-0.39, 0.29) is 46.3 Å². The summed E-state index contributed by atoms with van der Waals surface area (Å²) in [5.41, 5.74) is 0.285. The molecule has 35 heavy (non-hydrogen) atoms. The van der Waals surface area contributed by atoms with Crippen LogP contribution in [0.15, 0.2) is 41.7 Å². The average molecular weight is 481 g/mol. The van der Waals surface area contributed by atoms with Gasteiger partial charge in [0.15, 0.2) is 0 Å². The number of anilines is 1. The Balaban J connectivity index is 1.29. The van der Waals surface area contributed by atoms with Crippen LogP contribution in [0, 0.1) is 5.82 Å². The highest BCUT2D eigenvalue weighted by atomic mass is 19.1. The lowest BCUT2D eigenvalue weighted by molar-refractivity contribution is 0.171. The van der Waals surface area contributed by atoms with Gasteiger partial charge in [-0.2, -0.15) is 0 Å². The summed E-state index contributed by atoms with van der Waals surface area (Å²) < 4.78 is 31.5. The van der Waals surface area contributed by atoms with Gasteiger partial charge in [0.1, 0.15) is 23.6 Å². The zero-order valence-electron chi connectivity index (χ0n) is 19.2. The van der Waals surface area contributed by atoms with E-state index in [9.17, 15) is 14.3 Å². The maximum Gasteiger partial charge on any atom is 0.253 e. The van der Waals surface area contributed by atoms with Crippen molar-refractivity contribution in [2.45, 2.75) is 62.4 Å². The number of hydrogen-bond donors (Lipinski definition) is 2. The number of nitrogens with one attached hydrogen (secondary N) is 1. The Morgan fingerprint density at radius 2 is 1.89 bits per heavy atom. The minimum Gasteiger partial charge on any atom is -0.507 e. The Bertz CT molecular complexity index is 1330. The molecule has 2 N–H and O–H groups in total. The van der Waals surface area contributed by atoms with Crippen LogP contribution in [-0.4, -0.2) is 55.0 Å². The first-order chi connectivity index (χ1) is 16.9. The lowest BCUT2D eigenvalue weighted by Crippen LogP contribution is -2.57. The SMILES string of the molecule is Cn1cnc(-c2cc(O)c(-c3cnc(N(C4CC4)[C@H]4C[C@@H]5CC[C@@H](N5)[C@H]4F)cn3)cc2F)cc1=O. The molecule has 2 saturated heterocycles. The maximum absolute atomic E-state index is 15.3. The molecule has 0 radical (unpaired) electrons. The van der Waals surface area contributed by atoms with Gasteiger partial charge in [-0.1, -0.05) is 0 Å². The Hall–Kier alpha value is -3.40. The van der Waals surface area contributed by atoms with Crippen LogP contribution < -0.4 is 15.8 Å². The molecule has 6 rings (SSSR count). The highest BCUT2D eigenvalue weighted by molar-refractivity contribution is 5.73. The van der Waals surface area contributed by atoms with Crippen LogP contribution in [0.4, 0.5) is 14.6 Å². The summed E-state index contributed by atoms with van der Waals surface area (Å²) in [4.78, 5) is 27.1. The Morgan fingerprint density at radius 1 is 1.06 bits per heavy atom. The van der Waals surface area contributed by atoms with E-state index in [0.717, 1.165) is 38.2 Å². The summed E-state index contributed by atoms with van der Waals surface area (Å²) >= 11 is 0. The van der Waals surface area contributed by atoms with Gasteiger partial charge in [0, 0.05) is 42.4 Å². The molecule has 0 unspecified atom stereocenters. The number of hydrogen-bond acceptors (Lipinski definition) is 7. The molecule has 4 atom stereocenters. The molecular formula is C25H26F2N6O2. The van der Waals surface area contributed by atoms with Crippen LogP contribution in [0.25, 0.3) is 22.5 Å². The molecule has 2 aromatic heterocycles. The number of phenolic OH excluding ortho intramolecular Hbond substituents is 1. The van der Waals surface area contributed by atoms with Gasteiger partial charge in [-0.3, -0.25) is 9.78 Å². The quantitative estimate of drug-likeness (QED) is 0.580. The standard InChI is InChI=1S/C25H26F2N6O2/c1-32-12-30-19(9-24(32)35)15-8-22(34)16(7-17(15)26)20-10-29-23(11-28-20)33(14-3-4-14)21-6-13-2-5-18(31-13)25(21)27/h7-14,18,21,25,31,34H,2-6H2,1H3/t13-,18+,21-,25+/m0/s1. The fourth-order valence-electron chi connectivity index (χ4n) is 5.39. The van der Waals surface area contributed by atoms with Crippen LogP contribution in [0.2, 0.25) is 0 Å². The fourth-order valence-corrected chi connectivity index (χ4v) is 5.39. The molecular weight excluding hydrogens is 454 g/mol. The average Bonchev–Trinajstić information content (AvgIpc) is 3.60. The third-order valence-corrected chi connectivity index (χ3v) is 7.37. The molecule has 8 nitrogen and oxygen atoms in total. The lowest BCUT2D eigenvalue weighted by atomic mass is 9.96. The smallest absolute Gasteiger partial charge is 0.253 e. The summed E-state index contributed by atoms with van der Waals surface area (Å²) in [5, 5.41) is 14.0. The zero-order valence-corrected chi connectivity index (χ0v) is 19.2. The Morgan fingerprint density at radius 3 is 2.60 bits per heavy atom. The molecule has 3 fully saturated rings. The first-order valence-corrected chi connectivity index (χ1v) is 12.0. The van der Waals surface area contributed by atoms with Crippen molar-refractivity contribution < 1.29 is 13.9 Å². The molecule has 1 saturated carbocycles. The minimum atomic E-state index is -0.968. The van der Waals surface area contributed by atoms with Crippen molar-refractivity contribution in [3.05, 3.63) is 53.1 Å². The second-order valence-electron chi connectivity index (χ2n) is 9.77. The summed E-state index contributed by atoms with van der Waals surface area (Å²) in [6.45, 7) is 0. The number of benzene rings is 1. The number of aromatic nitrogens is 4. The van der Waals surface area contributed by atoms with Gasteiger partial charge in [0.2, 0.25) is 0 Å². The largest absolute Gasteiger partial charge is 0.507 e.